The van der Waals surface area contributed by atoms with Crippen molar-refractivity contribution >= 4 is 17.5 Å². The third kappa shape index (κ3) is 2.84. The Labute approximate surface area is 120 Å². The lowest BCUT2D eigenvalue weighted by molar-refractivity contribution is -0.130. The average Bonchev–Trinajstić information content (AvgIpc) is 2.44. The van der Waals surface area contributed by atoms with Crippen molar-refractivity contribution in [2.24, 2.45) is 0 Å². The highest BCUT2D eigenvalue weighted by molar-refractivity contribution is 5.96. The summed E-state index contributed by atoms with van der Waals surface area (Å²) < 4.78 is 0. The number of rotatable bonds is 4. The maximum atomic E-state index is 12.1. The Morgan fingerprint density at radius 1 is 1.25 bits per heavy atom. The van der Waals surface area contributed by atoms with Gasteiger partial charge < -0.3 is 9.80 Å². The van der Waals surface area contributed by atoms with E-state index in [4.69, 9.17) is 0 Å². The van der Waals surface area contributed by atoms with E-state index < -0.39 is 0 Å². The second-order valence-corrected chi connectivity index (χ2v) is 5.16. The van der Waals surface area contributed by atoms with Gasteiger partial charge in [-0.2, -0.15) is 0 Å². The summed E-state index contributed by atoms with van der Waals surface area (Å²) in [6.45, 7) is 5.48. The standard InChI is InChI=1S/C16H22N2O2/c1-4-18(5-2)16(20)11-12-6-8-14-13(10-12)7-9-15(19)17(14)3/h6,8,10H,4-5,7,9,11H2,1-3H3. The molecule has 1 heterocycles. The molecule has 2 rings (SSSR count). The number of hydrogen-bond donors (Lipinski definition) is 0. The van der Waals surface area contributed by atoms with Crippen molar-refractivity contribution in [3.63, 3.8) is 0 Å². The molecule has 4 heteroatoms. The number of carbonyl (C=O) groups is 2. The van der Waals surface area contributed by atoms with E-state index in [0.29, 0.717) is 12.8 Å². The van der Waals surface area contributed by atoms with Crippen LogP contribution in [0.1, 0.15) is 31.4 Å². The molecule has 4 nitrogen and oxygen atoms in total. The molecule has 0 saturated heterocycles. The van der Waals surface area contributed by atoms with Crippen LogP contribution in [0.4, 0.5) is 5.69 Å². The molecule has 0 aromatic heterocycles. The highest BCUT2D eigenvalue weighted by Crippen LogP contribution is 2.27. The molecular formula is C16H22N2O2. The van der Waals surface area contributed by atoms with E-state index in [2.05, 4.69) is 6.07 Å². The highest BCUT2D eigenvalue weighted by atomic mass is 16.2. The normalized spacial score (nSPS) is 14.2. The SMILES string of the molecule is CCN(CC)C(=O)Cc1ccc2c(c1)CCC(=O)N2C. The molecule has 1 aliphatic rings. The number of carbonyl (C=O) groups excluding carboxylic acids is 2. The molecule has 108 valence electrons. The van der Waals surface area contributed by atoms with E-state index >= 15 is 0 Å². The molecule has 0 bridgehead atoms. The summed E-state index contributed by atoms with van der Waals surface area (Å²) in [5.74, 6) is 0.319. The lowest BCUT2D eigenvalue weighted by atomic mass is 9.98. The van der Waals surface area contributed by atoms with Gasteiger partial charge in [-0.05, 0) is 37.5 Å². The molecule has 0 N–H and O–H groups in total. The number of aryl methyl sites for hydroxylation is 1. The van der Waals surface area contributed by atoms with Crippen LogP contribution in [0.15, 0.2) is 18.2 Å². The summed E-state index contributed by atoms with van der Waals surface area (Å²) in [5.41, 5.74) is 3.17. The largest absolute Gasteiger partial charge is 0.343 e. The third-order valence-corrected chi connectivity index (χ3v) is 3.96. The van der Waals surface area contributed by atoms with Crippen LogP contribution in [0.25, 0.3) is 0 Å². The van der Waals surface area contributed by atoms with Crippen LogP contribution in [-0.4, -0.2) is 36.9 Å². The third-order valence-electron chi connectivity index (χ3n) is 3.96. The molecule has 1 aliphatic heterocycles. The van der Waals surface area contributed by atoms with Crippen molar-refractivity contribution < 1.29 is 9.59 Å². The number of nitrogens with zero attached hydrogens (tertiary/aromatic N) is 2. The Kier molecular flexibility index (Phi) is 4.42. The Morgan fingerprint density at radius 3 is 2.60 bits per heavy atom. The fourth-order valence-corrected chi connectivity index (χ4v) is 2.68. The molecule has 0 atom stereocenters. The summed E-state index contributed by atoms with van der Waals surface area (Å²) >= 11 is 0. The van der Waals surface area contributed by atoms with Crippen molar-refractivity contribution in [1.29, 1.82) is 0 Å². The zero-order valence-electron chi connectivity index (χ0n) is 12.5. The topological polar surface area (TPSA) is 40.6 Å². The molecule has 20 heavy (non-hydrogen) atoms. The van der Waals surface area contributed by atoms with Crippen molar-refractivity contribution in [2.45, 2.75) is 33.1 Å². The predicted octanol–water partition coefficient (Wildman–Crippen LogP) is 2.01. The van der Waals surface area contributed by atoms with Crippen LogP contribution < -0.4 is 4.90 Å². The summed E-state index contributed by atoms with van der Waals surface area (Å²) in [6, 6.07) is 5.98. The lowest BCUT2D eigenvalue weighted by Crippen LogP contribution is -2.32. The maximum absolute atomic E-state index is 12.1. The first kappa shape index (κ1) is 14.6. The molecular weight excluding hydrogens is 252 g/mol. The molecule has 1 aromatic carbocycles. The zero-order chi connectivity index (χ0) is 14.7. The van der Waals surface area contributed by atoms with Crippen molar-refractivity contribution in [2.75, 3.05) is 25.0 Å². The Morgan fingerprint density at radius 2 is 1.95 bits per heavy atom. The molecule has 0 unspecified atom stereocenters. The maximum Gasteiger partial charge on any atom is 0.227 e. The van der Waals surface area contributed by atoms with Gasteiger partial charge in [-0.15, -0.1) is 0 Å². The lowest BCUT2D eigenvalue weighted by Gasteiger charge is -2.26. The van der Waals surface area contributed by atoms with E-state index in [9.17, 15) is 9.59 Å². The quantitative estimate of drug-likeness (QED) is 0.842. The van der Waals surface area contributed by atoms with E-state index in [1.807, 2.05) is 30.9 Å². The Bertz CT molecular complexity index is 521. The van der Waals surface area contributed by atoms with Gasteiger partial charge in [-0.3, -0.25) is 9.59 Å². The van der Waals surface area contributed by atoms with Crippen molar-refractivity contribution in [3.8, 4) is 0 Å². The van der Waals surface area contributed by atoms with E-state index in [-0.39, 0.29) is 11.8 Å². The molecule has 0 spiro atoms. The fourth-order valence-electron chi connectivity index (χ4n) is 2.68. The number of anilines is 1. The average molecular weight is 274 g/mol. The second-order valence-electron chi connectivity index (χ2n) is 5.16. The van der Waals surface area contributed by atoms with Crippen molar-refractivity contribution in [3.05, 3.63) is 29.3 Å². The van der Waals surface area contributed by atoms with Gasteiger partial charge in [0.25, 0.3) is 0 Å². The summed E-state index contributed by atoms with van der Waals surface area (Å²) in [5, 5.41) is 0. The minimum absolute atomic E-state index is 0.157. The molecule has 0 radical (unpaired) electrons. The minimum atomic E-state index is 0.157. The van der Waals surface area contributed by atoms with Gasteiger partial charge in [0.05, 0.1) is 6.42 Å². The molecule has 1 aromatic rings. The van der Waals surface area contributed by atoms with Gasteiger partial charge in [-0.25, -0.2) is 0 Å². The van der Waals surface area contributed by atoms with Gasteiger partial charge in [0.1, 0.15) is 0 Å². The number of amides is 2. The van der Waals surface area contributed by atoms with Crippen LogP contribution in [0.2, 0.25) is 0 Å². The first-order valence-electron chi connectivity index (χ1n) is 7.23. The van der Waals surface area contributed by atoms with Crippen LogP contribution in [0.5, 0.6) is 0 Å². The van der Waals surface area contributed by atoms with Gasteiger partial charge in [0.2, 0.25) is 11.8 Å². The Balaban J connectivity index is 2.16. The molecule has 0 aliphatic carbocycles. The molecule has 0 saturated carbocycles. The van der Waals surface area contributed by atoms with Gasteiger partial charge in [-0.1, -0.05) is 12.1 Å². The first-order chi connectivity index (χ1) is 9.56. The summed E-state index contributed by atoms with van der Waals surface area (Å²) in [4.78, 5) is 27.3. The molecule has 0 fully saturated rings. The monoisotopic (exact) mass is 274 g/mol. The van der Waals surface area contributed by atoms with Crippen LogP contribution in [0.3, 0.4) is 0 Å². The summed E-state index contributed by atoms with van der Waals surface area (Å²) in [6.07, 6.45) is 1.76. The van der Waals surface area contributed by atoms with Crippen LogP contribution in [-0.2, 0) is 22.4 Å². The van der Waals surface area contributed by atoms with Gasteiger partial charge >= 0.3 is 0 Å². The van der Waals surface area contributed by atoms with Gasteiger partial charge in [0, 0.05) is 32.2 Å². The number of likely N-dealkylation sites (N-methyl/N-ethyl adjacent to an activating group) is 1. The number of benzene rings is 1. The van der Waals surface area contributed by atoms with Gasteiger partial charge in [0.15, 0.2) is 0 Å². The highest BCUT2D eigenvalue weighted by Gasteiger charge is 2.21. The first-order valence-corrected chi connectivity index (χ1v) is 7.23. The summed E-state index contributed by atoms with van der Waals surface area (Å²) in [7, 11) is 1.81. The van der Waals surface area contributed by atoms with Crippen LogP contribution >= 0.6 is 0 Å². The van der Waals surface area contributed by atoms with Crippen LogP contribution in [0, 0.1) is 0 Å². The van der Waals surface area contributed by atoms with E-state index in [0.717, 1.165) is 36.3 Å². The second kappa shape index (κ2) is 6.07. The number of hydrogen-bond acceptors (Lipinski definition) is 2. The minimum Gasteiger partial charge on any atom is -0.343 e. The van der Waals surface area contributed by atoms with Crippen molar-refractivity contribution in [1.82, 2.24) is 4.90 Å². The number of fused-ring (bicyclic) bond motifs is 1. The molecule has 2 amide bonds. The smallest absolute Gasteiger partial charge is 0.227 e. The zero-order valence-corrected chi connectivity index (χ0v) is 12.5. The van der Waals surface area contributed by atoms with E-state index in [1.54, 1.807) is 11.9 Å². The van der Waals surface area contributed by atoms with E-state index in [1.165, 1.54) is 0 Å². The predicted molar refractivity (Wildman–Crippen MR) is 79.8 cm³/mol. The fraction of sp³-hybridized carbons (Fsp3) is 0.500. The Hall–Kier alpha value is -1.84.